The van der Waals surface area contributed by atoms with Crippen molar-refractivity contribution in [3.63, 3.8) is 0 Å². The summed E-state index contributed by atoms with van der Waals surface area (Å²) in [5.74, 6) is -0.477. The summed E-state index contributed by atoms with van der Waals surface area (Å²) >= 11 is 11.9. The molecule has 2 rings (SSSR count). The van der Waals surface area contributed by atoms with E-state index >= 15 is 0 Å². The molecule has 0 bridgehead atoms. The predicted molar refractivity (Wildman–Crippen MR) is 75.0 cm³/mol. The third kappa shape index (κ3) is 2.76. The predicted octanol–water partition coefficient (Wildman–Crippen LogP) is 3.42. The average molecular weight is 302 g/mol. The van der Waals surface area contributed by atoms with Gasteiger partial charge in [0.1, 0.15) is 11.0 Å². The Balaban J connectivity index is 2.31. The SMILES string of the molecule is Cc1nn(C)c(Cl)c1CC(N)c1cccc(Cl)c1F. The summed E-state index contributed by atoms with van der Waals surface area (Å²) in [6.45, 7) is 1.85. The van der Waals surface area contributed by atoms with Crippen LogP contribution in [-0.2, 0) is 13.5 Å². The number of hydrogen-bond donors (Lipinski definition) is 1. The van der Waals surface area contributed by atoms with Gasteiger partial charge in [-0.15, -0.1) is 0 Å². The largest absolute Gasteiger partial charge is 0.324 e. The Morgan fingerprint density at radius 2 is 2.11 bits per heavy atom. The number of nitrogens with zero attached hydrogens (tertiary/aromatic N) is 2. The number of rotatable bonds is 3. The fourth-order valence-corrected chi connectivity index (χ4v) is 2.48. The zero-order valence-electron chi connectivity index (χ0n) is 10.6. The molecule has 102 valence electrons. The van der Waals surface area contributed by atoms with Crippen LogP contribution in [-0.4, -0.2) is 9.78 Å². The highest BCUT2D eigenvalue weighted by molar-refractivity contribution is 6.31. The summed E-state index contributed by atoms with van der Waals surface area (Å²) < 4.78 is 15.5. The topological polar surface area (TPSA) is 43.8 Å². The van der Waals surface area contributed by atoms with Gasteiger partial charge < -0.3 is 5.73 Å². The smallest absolute Gasteiger partial charge is 0.146 e. The fraction of sp³-hybridized carbons (Fsp3) is 0.308. The van der Waals surface area contributed by atoms with Gasteiger partial charge in [0.05, 0.1) is 10.7 Å². The Hall–Kier alpha value is -1.10. The van der Waals surface area contributed by atoms with Gasteiger partial charge in [-0.3, -0.25) is 4.68 Å². The van der Waals surface area contributed by atoms with Gasteiger partial charge in [0.25, 0.3) is 0 Å². The molecule has 2 aromatic rings. The van der Waals surface area contributed by atoms with Crippen molar-refractivity contribution in [2.45, 2.75) is 19.4 Å². The summed E-state index contributed by atoms with van der Waals surface area (Å²) in [6.07, 6.45) is 0.412. The molecule has 0 saturated heterocycles. The summed E-state index contributed by atoms with van der Waals surface area (Å²) in [6, 6.07) is 4.29. The van der Waals surface area contributed by atoms with Crippen molar-refractivity contribution in [3.8, 4) is 0 Å². The van der Waals surface area contributed by atoms with Crippen LogP contribution in [0.4, 0.5) is 4.39 Å². The first kappa shape index (κ1) is 14.3. The first-order valence-corrected chi connectivity index (χ1v) is 6.55. The van der Waals surface area contributed by atoms with Crippen LogP contribution < -0.4 is 5.73 Å². The van der Waals surface area contributed by atoms with Gasteiger partial charge in [-0.25, -0.2) is 4.39 Å². The maximum absolute atomic E-state index is 13.9. The summed E-state index contributed by atoms with van der Waals surface area (Å²) in [4.78, 5) is 0. The molecule has 0 radical (unpaired) electrons. The zero-order valence-corrected chi connectivity index (χ0v) is 12.1. The van der Waals surface area contributed by atoms with Gasteiger partial charge in [0.15, 0.2) is 0 Å². The zero-order chi connectivity index (χ0) is 14.2. The lowest BCUT2D eigenvalue weighted by atomic mass is 10.00. The maximum Gasteiger partial charge on any atom is 0.146 e. The maximum atomic E-state index is 13.9. The minimum atomic E-state index is -0.515. The molecule has 19 heavy (non-hydrogen) atoms. The van der Waals surface area contributed by atoms with E-state index in [-0.39, 0.29) is 5.02 Å². The van der Waals surface area contributed by atoms with Crippen molar-refractivity contribution in [1.29, 1.82) is 0 Å². The van der Waals surface area contributed by atoms with Crippen LogP contribution in [0.1, 0.15) is 22.9 Å². The monoisotopic (exact) mass is 301 g/mol. The molecule has 1 atom stereocenters. The van der Waals surface area contributed by atoms with Gasteiger partial charge in [0.2, 0.25) is 0 Å². The minimum Gasteiger partial charge on any atom is -0.324 e. The minimum absolute atomic E-state index is 0.0713. The normalized spacial score (nSPS) is 12.7. The Labute approximate surface area is 121 Å². The lowest BCUT2D eigenvalue weighted by molar-refractivity contribution is 0.580. The molecule has 0 amide bonds. The molecule has 3 nitrogen and oxygen atoms in total. The average Bonchev–Trinajstić information content (AvgIpc) is 2.59. The van der Waals surface area contributed by atoms with Gasteiger partial charge in [-0.2, -0.15) is 5.10 Å². The highest BCUT2D eigenvalue weighted by Crippen LogP contribution is 2.27. The van der Waals surface area contributed by atoms with E-state index in [0.29, 0.717) is 17.1 Å². The van der Waals surface area contributed by atoms with Gasteiger partial charge >= 0.3 is 0 Å². The van der Waals surface area contributed by atoms with E-state index in [9.17, 15) is 4.39 Å². The Kier molecular flexibility index (Phi) is 4.13. The van der Waals surface area contributed by atoms with Crippen molar-refractivity contribution in [2.24, 2.45) is 12.8 Å². The van der Waals surface area contributed by atoms with Crippen LogP contribution >= 0.6 is 23.2 Å². The molecule has 0 aliphatic carbocycles. The molecule has 1 unspecified atom stereocenters. The van der Waals surface area contributed by atoms with Gasteiger partial charge in [-0.05, 0) is 19.4 Å². The number of hydrogen-bond acceptors (Lipinski definition) is 2. The van der Waals surface area contributed by atoms with Crippen LogP contribution in [0.5, 0.6) is 0 Å². The highest BCUT2D eigenvalue weighted by Gasteiger charge is 2.19. The molecule has 0 aliphatic rings. The first-order chi connectivity index (χ1) is 8.91. The van der Waals surface area contributed by atoms with E-state index in [4.69, 9.17) is 28.9 Å². The van der Waals surface area contributed by atoms with Crippen molar-refractivity contribution < 1.29 is 4.39 Å². The number of nitrogens with two attached hydrogens (primary N) is 1. The molecule has 1 aromatic carbocycles. The number of aryl methyl sites for hydroxylation is 2. The molecule has 1 heterocycles. The summed E-state index contributed by atoms with van der Waals surface area (Å²) in [5.41, 5.74) is 8.06. The molecule has 2 N–H and O–H groups in total. The highest BCUT2D eigenvalue weighted by atomic mass is 35.5. The number of benzene rings is 1. The Morgan fingerprint density at radius 3 is 2.68 bits per heavy atom. The standard InChI is InChI=1S/C13H14Cl2FN3/c1-7-9(13(15)19(2)18-7)6-11(17)8-4-3-5-10(14)12(8)16/h3-5,11H,6,17H2,1-2H3. The second-order valence-corrected chi connectivity index (χ2v) is 5.20. The molecule has 1 aromatic heterocycles. The Morgan fingerprint density at radius 1 is 1.42 bits per heavy atom. The number of halogens is 3. The van der Waals surface area contributed by atoms with Gasteiger partial charge in [0, 0.05) is 24.2 Å². The summed E-state index contributed by atoms with van der Waals surface area (Å²) in [5, 5.41) is 4.80. The van der Waals surface area contributed by atoms with Crippen molar-refractivity contribution in [1.82, 2.24) is 9.78 Å². The molecular weight excluding hydrogens is 288 g/mol. The van der Waals surface area contributed by atoms with E-state index in [1.807, 2.05) is 6.92 Å². The molecule has 6 heteroatoms. The Bertz CT molecular complexity index is 610. The van der Waals surface area contributed by atoms with Crippen molar-refractivity contribution in [3.05, 3.63) is 51.0 Å². The quantitative estimate of drug-likeness (QED) is 0.944. The third-order valence-corrected chi connectivity index (χ3v) is 3.84. The van der Waals surface area contributed by atoms with Crippen molar-refractivity contribution >= 4 is 23.2 Å². The molecule has 0 saturated carbocycles. The second kappa shape index (κ2) is 5.49. The van der Waals surface area contributed by atoms with E-state index in [1.54, 1.807) is 23.9 Å². The third-order valence-electron chi connectivity index (χ3n) is 3.07. The van der Waals surface area contributed by atoms with Crippen LogP contribution in [0.3, 0.4) is 0 Å². The van der Waals surface area contributed by atoms with E-state index < -0.39 is 11.9 Å². The molecule has 0 fully saturated rings. The number of aromatic nitrogens is 2. The van der Waals surface area contributed by atoms with E-state index in [0.717, 1.165) is 11.3 Å². The molecule has 0 aliphatic heterocycles. The first-order valence-electron chi connectivity index (χ1n) is 5.79. The van der Waals surface area contributed by atoms with Crippen LogP contribution in [0, 0.1) is 12.7 Å². The lowest BCUT2D eigenvalue weighted by Gasteiger charge is -2.13. The van der Waals surface area contributed by atoms with Crippen LogP contribution in [0.25, 0.3) is 0 Å². The second-order valence-electron chi connectivity index (χ2n) is 4.43. The molecule has 0 spiro atoms. The van der Waals surface area contributed by atoms with Crippen molar-refractivity contribution in [2.75, 3.05) is 0 Å². The fourth-order valence-electron chi connectivity index (χ4n) is 2.04. The van der Waals surface area contributed by atoms with E-state index in [2.05, 4.69) is 5.10 Å². The van der Waals surface area contributed by atoms with Crippen LogP contribution in [0.2, 0.25) is 10.2 Å². The lowest BCUT2D eigenvalue weighted by Crippen LogP contribution is -2.15. The summed E-state index contributed by atoms with van der Waals surface area (Å²) in [7, 11) is 1.75. The molecular formula is C13H14Cl2FN3. The van der Waals surface area contributed by atoms with E-state index in [1.165, 1.54) is 6.07 Å². The van der Waals surface area contributed by atoms with Gasteiger partial charge in [-0.1, -0.05) is 35.3 Å². The van der Waals surface area contributed by atoms with Crippen LogP contribution in [0.15, 0.2) is 18.2 Å².